The first-order chi connectivity index (χ1) is 12.1. The summed E-state index contributed by atoms with van der Waals surface area (Å²) < 4.78 is 7.84. The minimum absolute atomic E-state index is 0.110. The molecule has 0 saturated heterocycles. The van der Waals surface area contributed by atoms with E-state index in [4.69, 9.17) is 4.74 Å². The number of hydrogen-bond acceptors (Lipinski definition) is 4. The van der Waals surface area contributed by atoms with Crippen molar-refractivity contribution < 1.29 is 9.53 Å². The van der Waals surface area contributed by atoms with Crippen LogP contribution in [0.1, 0.15) is 11.4 Å². The van der Waals surface area contributed by atoms with Gasteiger partial charge in [-0.3, -0.25) is 4.79 Å². The van der Waals surface area contributed by atoms with Crippen LogP contribution in [0.5, 0.6) is 5.75 Å². The third-order valence-electron chi connectivity index (χ3n) is 3.83. The quantitative estimate of drug-likeness (QED) is 0.565. The maximum atomic E-state index is 12.3. The lowest BCUT2D eigenvalue weighted by Gasteiger charge is -2.17. The molecular weight excluding hydrogens is 400 g/mol. The second-order valence-corrected chi connectivity index (χ2v) is 7.72. The van der Waals surface area contributed by atoms with Gasteiger partial charge in [0.2, 0.25) is 5.91 Å². The van der Waals surface area contributed by atoms with Crippen LogP contribution < -0.4 is 4.74 Å². The predicted octanol–water partition coefficient (Wildman–Crippen LogP) is 4.53. The van der Waals surface area contributed by atoms with Gasteiger partial charge in [-0.2, -0.15) is 0 Å². The molecular formula is C19H19BrN2O2S. The molecule has 0 bridgehead atoms. The van der Waals surface area contributed by atoms with Crippen LogP contribution in [0.15, 0.2) is 53.0 Å². The van der Waals surface area contributed by atoms with E-state index in [1.165, 1.54) is 4.70 Å². The highest BCUT2D eigenvalue weighted by atomic mass is 79.9. The second kappa shape index (κ2) is 8.45. The van der Waals surface area contributed by atoms with Crippen LogP contribution in [0.4, 0.5) is 0 Å². The molecule has 130 valence electrons. The van der Waals surface area contributed by atoms with Gasteiger partial charge in [0, 0.05) is 24.4 Å². The van der Waals surface area contributed by atoms with Crippen LogP contribution in [-0.2, 0) is 11.2 Å². The third-order valence-corrected chi connectivity index (χ3v) is 5.45. The van der Waals surface area contributed by atoms with Crippen molar-refractivity contribution in [3.8, 4) is 5.75 Å². The number of rotatable bonds is 7. The van der Waals surface area contributed by atoms with Gasteiger partial charge in [-0.15, -0.1) is 11.3 Å². The Kier molecular flexibility index (Phi) is 6.04. The highest BCUT2D eigenvalue weighted by Crippen LogP contribution is 2.22. The third kappa shape index (κ3) is 5.03. The van der Waals surface area contributed by atoms with Gasteiger partial charge >= 0.3 is 0 Å². The standard InChI is InChI=1S/C19H19BrN2O2S/c1-22(12-13-24-15-8-6-14(20)7-9-15)19(23)11-10-18-21-16-4-2-3-5-17(16)25-18/h2-9H,10-13H2,1H3. The molecule has 0 radical (unpaired) electrons. The van der Waals surface area contributed by atoms with Crippen molar-refractivity contribution in [3.05, 3.63) is 58.0 Å². The number of aryl methyl sites for hydroxylation is 1. The van der Waals surface area contributed by atoms with Crippen molar-refractivity contribution in [1.82, 2.24) is 9.88 Å². The SMILES string of the molecule is CN(CCOc1ccc(Br)cc1)C(=O)CCc1nc2ccccc2s1. The van der Waals surface area contributed by atoms with Gasteiger partial charge in [-0.1, -0.05) is 28.1 Å². The second-order valence-electron chi connectivity index (χ2n) is 5.69. The number of fused-ring (bicyclic) bond motifs is 1. The van der Waals surface area contributed by atoms with Gasteiger partial charge in [-0.05, 0) is 36.4 Å². The van der Waals surface area contributed by atoms with E-state index in [2.05, 4.69) is 27.0 Å². The number of carbonyl (C=O) groups excluding carboxylic acids is 1. The highest BCUT2D eigenvalue weighted by Gasteiger charge is 2.11. The zero-order valence-electron chi connectivity index (χ0n) is 13.9. The summed E-state index contributed by atoms with van der Waals surface area (Å²) in [5.41, 5.74) is 1.01. The smallest absolute Gasteiger partial charge is 0.222 e. The average molecular weight is 419 g/mol. The fraction of sp³-hybridized carbons (Fsp3) is 0.263. The molecule has 0 aliphatic heterocycles. The number of amides is 1. The maximum absolute atomic E-state index is 12.3. The lowest BCUT2D eigenvalue weighted by molar-refractivity contribution is -0.130. The molecule has 2 aromatic carbocycles. The molecule has 0 aliphatic carbocycles. The zero-order chi connectivity index (χ0) is 17.6. The van der Waals surface area contributed by atoms with E-state index < -0.39 is 0 Å². The van der Waals surface area contributed by atoms with Gasteiger partial charge in [0.25, 0.3) is 0 Å². The molecule has 1 aromatic heterocycles. The van der Waals surface area contributed by atoms with Crippen LogP contribution in [0, 0.1) is 0 Å². The molecule has 4 nitrogen and oxygen atoms in total. The Balaban J connectivity index is 1.43. The van der Waals surface area contributed by atoms with E-state index in [1.54, 1.807) is 16.2 Å². The Morgan fingerprint density at radius 1 is 1.20 bits per heavy atom. The van der Waals surface area contributed by atoms with Crippen LogP contribution in [-0.4, -0.2) is 36.0 Å². The minimum atomic E-state index is 0.110. The largest absolute Gasteiger partial charge is 0.492 e. The number of nitrogens with zero attached hydrogens (tertiary/aromatic N) is 2. The van der Waals surface area contributed by atoms with Crippen LogP contribution in [0.2, 0.25) is 0 Å². The van der Waals surface area contributed by atoms with Crippen molar-refractivity contribution in [2.24, 2.45) is 0 Å². The first-order valence-electron chi connectivity index (χ1n) is 8.08. The number of benzene rings is 2. The van der Waals surface area contributed by atoms with E-state index in [0.717, 1.165) is 20.7 Å². The number of thiazole rings is 1. The van der Waals surface area contributed by atoms with Crippen molar-refractivity contribution in [3.63, 3.8) is 0 Å². The summed E-state index contributed by atoms with van der Waals surface area (Å²) in [5.74, 6) is 0.914. The number of para-hydroxylation sites is 1. The Labute approximate surface area is 159 Å². The first-order valence-corrected chi connectivity index (χ1v) is 9.69. The Hall–Kier alpha value is -1.92. The molecule has 0 aliphatic rings. The summed E-state index contributed by atoms with van der Waals surface area (Å²) in [6.07, 6.45) is 1.14. The summed E-state index contributed by atoms with van der Waals surface area (Å²) in [6.45, 7) is 1.04. The number of hydrogen-bond donors (Lipinski definition) is 0. The molecule has 3 aromatic rings. The van der Waals surface area contributed by atoms with Crippen LogP contribution in [0.3, 0.4) is 0 Å². The monoisotopic (exact) mass is 418 g/mol. The Morgan fingerprint density at radius 2 is 1.96 bits per heavy atom. The molecule has 0 N–H and O–H groups in total. The van der Waals surface area contributed by atoms with Crippen molar-refractivity contribution in [2.45, 2.75) is 12.8 Å². The predicted molar refractivity (Wildman–Crippen MR) is 105 cm³/mol. The zero-order valence-corrected chi connectivity index (χ0v) is 16.3. The lowest BCUT2D eigenvalue weighted by Crippen LogP contribution is -2.31. The normalized spacial score (nSPS) is 10.8. The Bertz CT molecular complexity index is 815. The lowest BCUT2D eigenvalue weighted by atomic mass is 10.3. The number of ether oxygens (including phenoxy) is 1. The van der Waals surface area contributed by atoms with E-state index in [-0.39, 0.29) is 5.91 Å². The number of aromatic nitrogens is 1. The highest BCUT2D eigenvalue weighted by molar-refractivity contribution is 9.10. The molecule has 6 heteroatoms. The summed E-state index contributed by atoms with van der Waals surface area (Å²) in [7, 11) is 1.81. The molecule has 0 fully saturated rings. The summed E-state index contributed by atoms with van der Waals surface area (Å²) >= 11 is 5.05. The van der Waals surface area contributed by atoms with Gasteiger partial charge in [-0.25, -0.2) is 4.98 Å². The number of halogens is 1. The number of carbonyl (C=O) groups is 1. The van der Waals surface area contributed by atoms with Gasteiger partial charge in [0.05, 0.1) is 21.8 Å². The van der Waals surface area contributed by atoms with Gasteiger partial charge < -0.3 is 9.64 Å². The molecule has 0 atom stereocenters. The summed E-state index contributed by atoms with van der Waals surface area (Å²) in [6, 6.07) is 15.7. The molecule has 3 rings (SSSR count). The molecule has 0 spiro atoms. The molecule has 1 amide bonds. The van der Waals surface area contributed by atoms with Gasteiger partial charge in [0.15, 0.2) is 0 Å². The molecule has 1 heterocycles. The van der Waals surface area contributed by atoms with Crippen molar-refractivity contribution in [2.75, 3.05) is 20.2 Å². The first kappa shape index (κ1) is 17.9. The van der Waals surface area contributed by atoms with Crippen LogP contribution >= 0.6 is 27.3 Å². The number of likely N-dealkylation sites (N-methyl/N-ethyl adjacent to an activating group) is 1. The fourth-order valence-electron chi connectivity index (χ4n) is 2.39. The topological polar surface area (TPSA) is 42.4 Å². The summed E-state index contributed by atoms with van der Waals surface area (Å²) in [5, 5.41) is 1.01. The van der Waals surface area contributed by atoms with E-state index in [1.807, 2.05) is 49.5 Å². The van der Waals surface area contributed by atoms with E-state index in [9.17, 15) is 4.79 Å². The maximum Gasteiger partial charge on any atom is 0.222 e. The average Bonchev–Trinajstić information content (AvgIpc) is 3.04. The van der Waals surface area contributed by atoms with Crippen LogP contribution in [0.25, 0.3) is 10.2 Å². The van der Waals surface area contributed by atoms with Gasteiger partial charge in [0.1, 0.15) is 12.4 Å². The van der Waals surface area contributed by atoms with Crippen molar-refractivity contribution in [1.29, 1.82) is 0 Å². The van der Waals surface area contributed by atoms with E-state index in [0.29, 0.717) is 26.0 Å². The molecule has 25 heavy (non-hydrogen) atoms. The minimum Gasteiger partial charge on any atom is -0.492 e. The fourth-order valence-corrected chi connectivity index (χ4v) is 3.62. The van der Waals surface area contributed by atoms with E-state index >= 15 is 0 Å². The molecule has 0 unspecified atom stereocenters. The molecule has 0 saturated carbocycles. The summed E-state index contributed by atoms with van der Waals surface area (Å²) in [4.78, 5) is 18.5. The van der Waals surface area contributed by atoms with Crippen molar-refractivity contribution >= 4 is 43.4 Å². The Morgan fingerprint density at radius 3 is 2.72 bits per heavy atom.